The molecule has 1 unspecified atom stereocenters. The van der Waals surface area contributed by atoms with Gasteiger partial charge >= 0.3 is 6.18 Å². The molecule has 0 bridgehead atoms. The lowest BCUT2D eigenvalue weighted by Gasteiger charge is -2.22. The third-order valence-corrected chi connectivity index (χ3v) is 4.80. The van der Waals surface area contributed by atoms with Crippen molar-refractivity contribution in [2.24, 2.45) is 0 Å². The zero-order valence-corrected chi connectivity index (χ0v) is 18.1. The van der Waals surface area contributed by atoms with Gasteiger partial charge in [0.15, 0.2) is 11.4 Å². The molecule has 0 saturated heterocycles. The van der Waals surface area contributed by atoms with E-state index in [2.05, 4.69) is 10.4 Å². The van der Waals surface area contributed by atoms with Crippen LogP contribution in [0.3, 0.4) is 0 Å². The highest BCUT2D eigenvalue weighted by Crippen LogP contribution is 2.30. The monoisotopic (exact) mass is 446 g/mol. The Labute approximate surface area is 184 Å². The van der Waals surface area contributed by atoms with Crippen LogP contribution in [0.2, 0.25) is 0 Å². The van der Waals surface area contributed by atoms with Gasteiger partial charge in [-0.25, -0.2) is 4.68 Å². The molecule has 2 aromatic carbocycles. The molecule has 3 aromatic rings. The maximum atomic E-state index is 13.1. The fourth-order valence-corrected chi connectivity index (χ4v) is 3.38. The predicted molar refractivity (Wildman–Crippen MR) is 115 cm³/mol. The Morgan fingerprint density at radius 3 is 2.50 bits per heavy atom. The number of hydrogen-bond donors (Lipinski definition) is 1. The quantitative estimate of drug-likeness (QED) is 0.572. The van der Waals surface area contributed by atoms with Crippen molar-refractivity contribution in [2.45, 2.75) is 18.6 Å². The Hall–Kier alpha value is -3.33. The first-order chi connectivity index (χ1) is 15.2. The molecule has 0 aliphatic rings. The molecule has 32 heavy (non-hydrogen) atoms. The van der Waals surface area contributed by atoms with Crippen LogP contribution >= 0.6 is 0 Å². The lowest BCUT2D eigenvalue weighted by Crippen LogP contribution is -2.43. The van der Waals surface area contributed by atoms with E-state index in [9.17, 15) is 18.0 Å². The predicted octanol–water partition coefficient (Wildman–Crippen LogP) is 3.80. The van der Waals surface area contributed by atoms with E-state index in [4.69, 9.17) is 4.74 Å². The summed E-state index contributed by atoms with van der Waals surface area (Å²) in [6.45, 7) is 0.595. The molecular formula is C23H25F3N4O2. The minimum atomic E-state index is -4.48. The van der Waals surface area contributed by atoms with Crippen LogP contribution < -0.4 is 10.1 Å². The van der Waals surface area contributed by atoms with E-state index in [1.807, 2.05) is 49.3 Å². The first-order valence-electron chi connectivity index (χ1n) is 9.98. The van der Waals surface area contributed by atoms with Gasteiger partial charge in [-0.15, -0.1) is 0 Å². The van der Waals surface area contributed by atoms with Crippen LogP contribution in [-0.4, -0.2) is 54.4 Å². The number of rotatable bonds is 8. The topological polar surface area (TPSA) is 59.4 Å². The second-order valence-electron chi connectivity index (χ2n) is 7.66. The van der Waals surface area contributed by atoms with Crippen molar-refractivity contribution in [3.05, 3.63) is 77.6 Å². The normalized spacial score (nSPS) is 12.6. The van der Waals surface area contributed by atoms with Crippen LogP contribution in [0, 0.1) is 0 Å². The van der Waals surface area contributed by atoms with Crippen LogP contribution in [0.25, 0.3) is 5.69 Å². The molecule has 1 atom stereocenters. The molecule has 9 heteroatoms. The molecule has 1 N–H and O–H groups in total. The summed E-state index contributed by atoms with van der Waals surface area (Å²) in [7, 11) is 5.20. The van der Waals surface area contributed by atoms with Crippen LogP contribution in [0.4, 0.5) is 13.2 Å². The first-order valence-corrected chi connectivity index (χ1v) is 9.98. The molecule has 1 heterocycles. The zero-order valence-electron chi connectivity index (χ0n) is 18.1. The van der Waals surface area contributed by atoms with E-state index in [0.717, 1.165) is 17.7 Å². The number of nitrogens with zero attached hydrogens (tertiary/aromatic N) is 3. The smallest absolute Gasteiger partial charge is 0.416 e. The van der Waals surface area contributed by atoms with Crippen molar-refractivity contribution in [2.75, 3.05) is 27.7 Å². The van der Waals surface area contributed by atoms with Crippen molar-refractivity contribution in [3.63, 3.8) is 0 Å². The number of methoxy groups -OCH3 is 1. The van der Waals surface area contributed by atoms with E-state index in [1.165, 1.54) is 30.1 Å². The van der Waals surface area contributed by atoms with Crippen molar-refractivity contribution < 1.29 is 22.7 Å². The van der Waals surface area contributed by atoms with Crippen molar-refractivity contribution in [1.82, 2.24) is 20.0 Å². The maximum Gasteiger partial charge on any atom is 0.416 e. The Morgan fingerprint density at radius 1 is 1.16 bits per heavy atom. The number of carbonyl (C=O) groups excluding carboxylic acids is 1. The summed E-state index contributed by atoms with van der Waals surface area (Å²) in [5.41, 5.74) is 0.443. The number of amides is 1. The standard InChI is InChI=1S/C23H25F3N4O2/c1-29(2)14-18(12-16-8-5-4-6-9-16)27-22(31)21-20(32-3)15-30(28-21)19-11-7-10-17(13-19)23(24,25)26/h4-11,13,15,18H,12,14H2,1-3H3,(H,27,31). The van der Waals surface area contributed by atoms with E-state index in [0.29, 0.717) is 13.0 Å². The SMILES string of the molecule is COc1cn(-c2cccc(C(F)(F)F)c2)nc1C(=O)NC(Cc1ccccc1)CN(C)C. The minimum Gasteiger partial charge on any atom is -0.493 e. The van der Waals surface area contributed by atoms with Gasteiger partial charge in [-0.05, 0) is 44.3 Å². The highest BCUT2D eigenvalue weighted by molar-refractivity contribution is 5.95. The lowest BCUT2D eigenvalue weighted by atomic mass is 10.1. The average Bonchev–Trinajstić information content (AvgIpc) is 3.18. The Kier molecular flexibility index (Phi) is 7.19. The average molecular weight is 446 g/mol. The molecule has 0 aliphatic carbocycles. The van der Waals surface area contributed by atoms with Gasteiger partial charge in [0.2, 0.25) is 0 Å². The Balaban J connectivity index is 1.85. The van der Waals surface area contributed by atoms with E-state index in [-0.39, 0.29) is 23.2 Å². The van der Waals surface area contributed by atoms with Crippen molar-refractivity contribution >= 4 is 5.91 Å². The van der Waals surface area contributed by atoms with Gasteiger partial charge in [-0.3, -0.25) is 4.79 Å². The molecular weight excluding hydrogens is 421 g/mol. The van der Waals surface area contributed by atoms with Gasteiger partial charge in [0.05, 0.1) is 24.6 Å². The molecule has 0 saturated carbocycles. The van der Waals surface area contributed by atoms with Gasteiger partial charge in [0, 0.05) is 12.6 Å². The van der Waals surface area contributed by atoms with Gasteiger partial charge in [-0.1, -0.05) is 36.4 Å². The Morgan fingerprint density at radius 2 is 1.88 bits per heavy atom. The molecule has 170 valence electrons. The summed E-state index contributed by atoms with van der Waals surface area (Å²) >= 11 is 0. The second-order valence-corrected chi connectivity index (χ2v) is 7.66. The Bertz CT molecular complexity index is 1050. The van der Waals surface area contributed by atoms with Gasteiger partial charge in [0.25, 0.3) is 5.91 Å². The number of hydrogen-bond acceptors (Lipinski definition) is 4. The molecule has 0 spiro atoms. The third kappa shape index (κ3) is 5.88. The summed E-state index contributed by atoms with van der Waals surface area (Å²) in [5, 5.41) is 7.18. The fourth-order valence-electron chi connectivity index (χ4n) is 3.38. The van der Waals surface area contributed by atoms with Crippen LogP contribution in [0.5, 0.6) is 5.75 Å². The van der Waals surface area contributed by atoms with Crippen molar-refractivity contribution in [3.8, 4) is 11.4 Å². The second kappa shape index (κ2) is 9.86. The van der Waals surface area contributed by atoms with E-state index in [1.54, 1.807) is 0 Å². The minimum absolute atomic E-state index is 0.00160. The summed E-state index contributed by atoms with van der Waals surface area (Å²) in [4.78, 5) is 15.0. The summed E-state index contributed by atoms with van der Waals surface area (Å²) < 4.78 is 45.7. The number of carbonyl (C=O) groups is 1. The molecule has 3 rings (SSSR count). The van der Waals surface area contributed by atoms with Gasteiger partial charge in [-0.2, -0.15) is 18.3 Å². The van der Waals surface area contributed by atoms with Gasteiger partial charge in [0.1, 0.15) is 0 Å². The molecule has 0 aliphatic heterocycles. The lowest BCUT2D eigenvalue weighted by molar-refractivity contribution is -0.137. The molecule has 0 fully saturated rings. The largest absolute Gasteiger partial charge is 0.493 e. The number of likely N-dealkylation sites (N-methyl/N-ethyl adjacent to an activating group) is 1. The fraction of sp³-hybridized carbons (Fsp3) is 0.304. The number of alkyl halides is 3. The maximum absolute atomic E-state index is 13.1. The molecule has 6 nitrogen and oxygen atoms in total. The highest BCUT2D eigenvalue weighted by Gasteiger charge is 2.31. The molecule has 1 aromatic heterocycles. The van der Waals surface area contributed by atoms with Gasteiger partial charge < -0.3 is 15.0 Å². The summed E-state index contributed by atoms with van der Waals surface area (Å²) in [6, 6.07) is 14.3. The third-order valence-electron chi connectivity index (χ3n) is 4.80. The number of ether oxygens (including phenoxy) is 1. The van der Waals surface area contributed by atoms with Crippen LogP contribution in [0.15, 0.2) is 60.8 Å². The van der Waals surface area contributed by atoms with Crippen molar-refractivity contribution in [1.29, 1.82) is 0 Å². The van der Waals surface area contributed by atoms with E-state index >= 15 is 0 Å². The summed E-state index contributed by atoms with van der Waals surface area (Å²) in [6.07, 6.45) is -2.48. The zero-order chi connectivity index (χ0) is 23.3. The van der Waals surface area contributed by atoms with Crippen LogP contribution in [0.1, 0.15) is 21.6 Å². The molecule has 0 radical (unpaired) electrons. The van der Waals surface area contributed by atoms with Crippen LogP contribution in [-0.2, 0) is 12.6 Å². The number of benzene rings is 2. The molecule has 1 amide bonds. The number of aromatic nitrogens is 2. The number of nitrogens with one attached hydrogen (secondary N) is 1. The van der Waals surface area contributed by atoms with E-state index < -0.39 is 17.6 Å². The first kappa shape index (κ1) is 23.3. The highest BCUT2D eigenvalue weighted by atomic mass is 19.4. The number of halogens is 3. The summed E-state index contributed by atoms with van der Waals surface area (Å²) in [5.74, 6) is -0.293.